The first kappa shape index (κ1) is 19.4. The molecule has 0 radical (unpaired) electrons. The lowest BCUT2D eigenvalue weighted by Crippen LogP contribution is -2.30. The summed E-state index contributed by atoms with van der Waals surface area (Å²) in [4.78, 5) is 13.3. The minimum absolute atomic E-state index is 0.0835. The highest BCUT2D eigenvalue weighted by molar-refractivity contribution is 7.84. The first-order valence-corrected chi connectivity index (χ1v) is 10.5. The number of ketones is 1. The second kappa shape index (κ2) is 6.28. The molecule has 0 aromatic heterocycles. The van der Waals surface area contributed by atoms with Crippen LogP contribution in [0.25, 0.3) is 5.57 Å². The Kier molecular flexibility index (Phi) is 4.19. The molecule has 0 saturated carbocycles. The average molecular weight is 408 g/mol. The van der Waals surface area contributed by atoms with Crippen molar-refractivity contribution >= 4 is 21.7 Å². The Hall–Kier alpha value is -2.95. The molecule has 0 saturated heterocycles. The molecule has 2 aromatic carbocycles. The van der Waals surface area contributed by atoms with Crippen LogP contribution in [0.2, 0.25) is 0 Å². The third-order valence-corrected chi connectivity index (χ3v) is 7.01. The van der Waals surface area contributed by atoms with Gasteiger partial charge in [0.1, 0.15) is 5.75 Å². The van der Waals surface area contributed by atoms with Crippen molar-refractivity contribution in [2.75, 3.05) is 14.1 Å². The SMILES string of the molecule is CN(C)S(=O)(=O)Oc1ccc2c(c1)C(C)(C)C1=C(C2=O)c2ccc(C#N)cc2C1. The molecule has 0 heterocycles. The number of rotatable bonds is 3. The van der Waals surface area contributed by atoms with Crippen molar-refractivity contribution in [2.45, 2.75) is 25.7 Å². The molecule has 7 heteroatoms. The fourth-order valence-corrected chi connectivity index (χ4v) is 4.57. The fraction of sp³-hybridized carbons (Fsp3) is 0.273. The fourth-order valence-electron chi connectivity index (χ4n) is 4.07. The second-order valence-corrected chi connectivity index (χ2v) is 9.75. The molecule has 0 fully saturated rings. The maximum atomic E-state index is 13.3. The molecule has 0 spiro atoms. The number of allylic oxidation sites excluding steroid dienone is 2. The quantitative estimate of drug-likeness (QED) is 0.778. The number of hydrogen-bond donors (Lipinski definition) is 0. The zero-order valence-corrected chi connectivity index (χ0v) is 17.4. The lowest BCUT2D eigenvalue weighted by atomic mass is 9.68. The van der Waals surface area contributed by atoms with Crippen molar-refractivity contribution in [3.05, 3.63) is 69.8 Å². The van der Waals surface area contributed by atoms with Crippen LogP contribution >= 0.6 is 0 Å². The molecule has 0 N–H and O–H groups in total. The summed E-state index contributed by atoms with van der Waals surface area (Å²) < 4.78 is 30.4. The van der Waals surface area contributed by atoms with E-state index >= 15 is 0 Å². The van der Waals surface area contributed by atoms with Gasteiger partial charge in [-0.1, -0.05) is 19.9 Å². The van der Waals surface area contributed by atoms with Crippen molar-refractivity contribution in [1.29, 1.82) is 5.26 Å². The number of hydrogen-bond acceptors (Lipinski definition) is 5. The maximum absolute atomic E-state index is 13.3. The third-order valence-electron chi connectivity index (χ3n) is 5.71. The van der Waals surface area contributed by atoms with Crippen LogP contribution in [0.15, 0.2) is 42.0 Å². The molecular weight excluding hydrogens is 388 g/mol. The van der Waals surface area contributed by atoms with Crippen LogP contribution in [0.5, 0.6) is 5.75 Å². The second-order valence-electron chi connectivity index (χ2n) is 8.00. The van der Waals surface area contributed by atoms with Crippen molar-refractivity contribution in [3.63, 3.8) is 0 Å². The van der Waals surface area contributed by atoms with Crippen LogP contribution in [0.4, 0.5) is 0 Å². The topological polar surface area (TPSA) is 87.5 Å². The highest BCUT2D eigenvalue weighted by Gasteiger charge is 2.43. The van der Waals surface area contributed by atoms with Gasteiger partial charge in [0.2, 0.25) is 0 Å². The van der Waals surface area contributed by atoms with E-state index in [-0.39, 0.29) is 11.5 Å². The summed E-state index contributed by atoms with van der Waals surface area (Å²) in [6.45, 7) is 4.05. The van der Waals surface area contributed by atoms with E-state index in [9.17, 15) is 18.5 Å². The van der Waals surface area contributed by atoms with Crippen LogP contribution in [0.3, 0.4) is 0 Å². The third kappa shape index (κ3) is 2.87. The van der Waals surface area contributed by atoms with Crippen LogP contribution in [0, 0.1) is 11.3 Å². The molecule has 0 aliphatic heterocycles. The Balaban J connectivity index is 1.82. The lowest BCUT2D eigenvalue weighted by Gasteiger charge is -2.34. The van der Waals surface area contributed by atoms with Gasteiger partial charge in [-0.2, -0.15) is 18.0 Å². The number of nitriles is 1. The van der Waals surface area contributed by atoms with Gasteiger partial charge in [0.15, 0.2) is 5.78 Å². The number of nitrogens with zero attached hydrogens (tertiary/aromatic N) is 2. The Bertz CT molecular complexity index is 1250. The number of Topliss-reactive ketones (excluding diaryl/α,β-unsaturated/α-hetero) is 1. The van der Waals surface area contributed by atoms with Crippen molar-refractivity contribution < 1.29 is 17.4 Å². The molecule has 2 aliphatic rings. The van der Waals surface area contributed by atoms with Crippen LogP contribution < -0.4 is 4.18 Å². The van der Waals surface area contributed by atoms with Gasteiger partial charge in [0.05, 0.1) is 11.6 Å². The zero-order chi connectivity index (χ0) is 21.1. The maximum Gasteiger partial charge on any atom is 0.384 e. The van der Waals surface area contributed by atoms with Crippen molar-refractivity contribution in [1.82, 2.24) is 4.31 Å². The molecule has 2 aliphatic carbocycles. The first-order chi connectivity index (χ1) is 13.6. The summed E-state index contributed by atoms with van der Waals surface area (Å²) in [7, 11) is -1.11. The summed E-state index contributed by atoms with van der Waals surface area (Å²) in [5.41, 5.74) is 4.86. The average Bonchev–Trinajstić information content (AvgIpc) is 3.06. The standard InChI is InChI=1S/C22H20N2O4S/c1-22(2)18-11-15(28-29(26,27)24(3)4)6-8-17(18)21(25)20-16-7-5-13(12-23)9-14(16)10-19(20)22/h5-9,11H,10H2,1-4H3. The highest BCUT2D eigenvalue weighted by Crippen LogP contribution is 2.50. The smallest absolute Gasteiger partial charge is 0.371 e. The van der Waals surface area contributed by atoms with E-state index < -0.39 is 15.7 Å². The predicted molar refractivity (Wildman–Crippen MR) is 109 cm³/mol. The summed E-state index contributed by atoms with van der Waals surface area (Å²) in [5.74, 6) is 0.0875. The molecule has 4 rings (SSSR count). The van der Waals surface area contributed by atoms with Gasteiger partial charge in [0, 0.05) is 30.6 Å². The summed E-state index contributed by atoms with van der Waals surface area (Å²) in [5, 5.41) is 9.19. The molecule has 6 nitrogen and oxygen atoms in total. The molecule has 29 heavy (non-hydrogen) atoms. The van der Waals surface area contributed by atoms with Crippen LogP contribution in [-0.4, -0.2) is 32.6 Å². The van der Waals surface area contributed by atoms with E-state index in [4.69, 9.17) is 4.18 Å². The molecule has 148 valence electrons. The van der Waals surface area contributed by atoms with E-state index in [1.807, 2.05) is 26.0 Å². The molecule has 2 aromatic rings. The van der Waals surface area contributed by atoms with Gasteiger partial charge >= 0.3 is 10.3 Å². The Morgan fingerprint density at radius 3 is 2.45 bits per heavy atom. The van der Waals surface area contributed by atoms with Gasteiger partial charge in [-0.3, -0.25) is 4.79 Å². The molecule has 0 unspecified atom stereocenters. The highest BCUT2D eigenvalue weighted by atomic mass is 32.2. The Morgan fingerprint density at radius 1 is 1.10 bits per heavy atom. The van der Waals surface area contributed by atoms with E-state index in [1.165, 1.54) is 20.2 Å². The van der Waals surface area contributed by atoms with E-state index in [0.29, 0.717) is 23.1 Å². The van der Waals surface area contributed by atoms with E-state index in [0.717, 1.165) is 26.6 Å². The number of carbonyl (C=O) groups excluding carboxylic acids is 1. The Labute approximate surface area is 170 Å². The van der Waals surface area contributed by atoms with Crippen molar-refractivity contribution in [2.24, 2.45) is 0 Å². The zero-order valence-electron chi connectivity index (χ0n) is 16.6. The molecular formula is C22H20N2O4S. The summed E-state index contributed by atoms with van der Waals surface area (Å²) in [6, 6.07) is 12.3. The van der Waals surface area contributed by atoms with Gasteiger partial charge in [-0.15, -0.1) is 0 Å². The molecule has 0 amide bonds. The van der Waals surface area contributed by atoms with Gasteiger partial charge in [-0.25, -0.2) is 0 Å². The van der Waals surface area contributed by atoms with Crippen LogP contribution in [-0.2, 0) is 22.1 Å². The monoisotopic (exact) mass is 408 g/mol. The minimum Gasteiger partial charge on any atom is -0.371 e. The normalized spacial score (nSPS) is 16.9. The van der Waals surface area contributed by atoms with Crippen molar-refractivity contribution in [3.8, 4) is 11.8 Å². The summed E-state index contributed by atoms with van der Waals surface area (Å²) in [6.07, 6.45) is 0.583. The van der Waals surface area contributed by atoms with E-state index in [1.54, 1.807) is 18.2 Å². The van der Waals surface area contributed by atoms with E-state index in [2.05, 4.69) is 6.07 Å². The van der Waals surface area contributed by atoms with Gasteiger partial charge < -0.3 is 4.18 Å². The van der Waals surface area contributed by atoms with Crippen LogP contribution in [0.1, 0.15) is 46.5 Å². The number of benzene rings is 2. The first-order valence-electron chi connectivity index (χ1n) is 9.14. The van der Waals surface area contributed by atoms with Gasteiger partial charge in [-0.05, 0) is 59.0 Å². The number of fused-ring (bicyclic) bond motifs is 3. The lowest BCUT2D eigenvalue weighted by molar-refractivity contribution is 0.105. The number of carbonyl (C=O) groups is 1. The predicted octanol–water partition coefficient (Wildman–Crippen LogP) is 3.23. The molecule has 0 atom stereocenters. The summed E-state index contributed by atoms with van der Waals surface area (Å²) >= 11 is 0. The molecule has 0 bridgehead atoms. The minimum atomic E-state index is -3.89. The van der Waals surface area contributed by atoms with Gasteiger partial charge in [0.25, 0.3) is 0 Å². The Morgan fingerprint density at radius 2 is 1.79 bits per heavy atom. The largest absolute Gasteiger partial charge is 0.384 e.